The molecular formula is C26H34N2O2. The molecule has 1 aromatic heterocycles. The molecule has 2 unspecified atom stereocenters. The maximum atomic E-state index is 11.4. The number of benzene rings is 2. The van der Waals surface area contributed by atoms with Crippen LogP contribution in [0.25, 0.3) is 10.9 Å². The lowest BCUT2D eigenvalue weighted by molar-refractivity contribution is -0.121. The Kier molecular flexibility index (Phi) is 8.85. The van der Waals surface area contributed by atoms with E-state index in [9.17, 15) is 9.59 Å². The van der Waals surface area contributed by atoms with Crippen LogP contribution in [0, 0.1) is 11.8 Å². The molecule has 0 amide bonds. The van der Waals surface area contributed by atoms with Gasteiger partial charge in [-0.2, -0.15) is 0 Å². The molecule has 4 nitrogen and oxygen atoms in total. The fraction of sp³-hybridized carbons (Fsp3) is 0.385. The molecule has 4 heteroatoms. The average Bonchev–Trinajstić information content (AvgIpc) is 3.14. The van der Waals surface area contributed by atoms with Crippen molar-refractivity contribution in [3.8, 4) is 0 Å². The van der Waals surface area contributed by atoms with E-state index in [-0.39, 0.29) is 23.4 Å². The second-order valence-corrected chi connectivity index (χ2v) is 7.94. The normalized spacial score (nSPS) is 12.7. The number of nitrogens with two attached hydrogens (primary N) is 1. The maximum Gasteiger partial charge on any atom is 0.133 e. The second-order valence-electron chi connectivity index (χ2n) is 7.94. The van der Waals surface area contributed by atoms with Gasteiger partial charge < -0.3 is 10.7 Å². The molecular weight excluding hydrogens is 372 g/mol. The van der Waals surface area contributed by atoms with E-state index in [1.54, 1.807) is 13.8 Å². The van der Waals surface area contributed by atoms with E-state index >= 15 is 0 Å². The summed E-state index contributed by atoms with van der Waals surface area (Å²) in [6.45, 7) is 7.46. The molecule has 0 saturated heterocycles. The number of nitrogen functional groups attached to an aromatic ring is 1. The van der Waals surface area contributed by atoms with E-state index in [4.69, 9.17) is 5.73 Å². The fourth-order valence-corrected chi connectivity index (χ4v) is 3.66. The summed E-state index contributed by atoms with van der Waals surface area (Å²) in [4.78, 5) is 25.9. The molecule has 0 aliphatic carbocycles. The highest BCUT2D eigenvalue weighted by atomic mass is 16.1. The number of nitrogens with one attached hydrogen (secondary N) is 1. The van der Waals surface area contributed by atoms with Crippen LogP contribution in [0.5, 0.6) is 0 Å². The zero-order valence-electron chi connectivity index (χ0n) is 18.6. The summed E-state index contributed by atoms with van der Waals surface area (Å²) in [7, 11) is 0. The largest absolute Gasteiger partial charge is 0.399 e. The van der Waals surface area contributed by atoms with Gasteiger partial charge in [0.1, 0.15) is 11.6 Å². The van der Waals surface area contributed by atoms with Crippen LogP contribution in [0.2, 0.25) is 0 Å². The van der Waals surface area contributed by atoms with Gasteiger partial charge in [0.15, 0.2) is 0 Å². The molecule has 0 aliphatic rings. The van der Waals surface area contributed by atoms with Crippen molar-refractivity contribution in [1.29, 1.82) is 0 Å². The standard InChI is InChI=1S/C14H17NO.C12H17NO/c1-3-11(10(2)16)8-12-9-15-14-7-5-4-6-13(12)14;1-3-11(9(2)14)8-10-4-6-12(13)7-5-10/h4-7,9,11,15H,3,8H2,1-2H3;4-7,11H,3,8,13H2,1-2H3. The smallest absolute Gasteiger partial charge is 0.133 e. The number of aromatic amines is 1. The molecule has 2 atom stereocenters. The molecule has 3 aromatic rings. The third kappa shape index (κ3) is 6.58. The van der Waals surface area contributed by atoms with Crippen LogP contribution in [0.4, 0.5) is 5.69 Å². The number of Topliss-reactive ketones (excluding diaryl/α,β-unsaturated/α-hetero) is 2. The first-order valence-corrected chi connectivity index (χ1v) is 10.8. The zero-order chi connectivity index (χ0) is 22.1. The minimum absolute atomic E-state index is 0.152. The number of fused-ring (bicyclic) bond motifs is 1. The highest BCUT2D eigenvalue weighted by molar-refractivity contribution is 5.84. The predicted molar refractivity (Wildman–Crippen MR) is 125 cm³/mol. The summed E-state index contributed by atoms with van der Waals surface area (Å²) < 4.78 is 0. The Bertz CT molecular complexity index is 957. The Morgan fingerprint density at radius 1 is 0.867 bits per heavy atom. The quantitative estimate of drug-likeness (QED) is 0.468. The van der Waals surface area contributed by atoms with Gasteiger partial charge in [0.05, 0.1) is 0 Å². The first-order chi connectivity index (χ1) is 14.3. The van der Waals surface area contributed by atoms with E-state index in [0.717, 1.165) is 36.9 Å². The van der Waals surface area contributed by atoms with E-state index in [2.05, 4.69) is 24.0 Å². The lowest BCUT2D eigenvalue weighted by Crippen LogP contribution is -2.12. The third-order valence-corrected chi connectivity index (χ3v) is 5.74. The number of carbonyl (C=O) groups excluding carboxylic acids is 2. The highest BCUT2D eigenvalue weighted by Gasteiger charge is 2.14. The number of carbonyl (C=O) groups is 2. The van der Waals surface area contributed by atoms with Crippen molar-refractivity contribution in [3.05, 3.63) is 65.9 Å². The number of anilines is 1. The third-order valence-electron chi connectivity index (χ3n) is 5.74. The van der Waals surface area contributed by atoms with Crippen molar-refractivity contribution in [1.82, 2.24) is 4.98 Å². The number of hydrogen-bond donors (Lipinski definition) is 2. The van der Waals surface area contributed by atoms with Crippen molar-refractivity contribution in [2.24, 2.45) is 11.8 Å². The second kappa shape index (κ2) is 11.3. The number of hydrogen-bond acceptors (Lipinski definition) is 3. The Hall–Kier alpha value is -2.88. The molecule has 0 fully saturated rings. The molecule has 1 heterocycles. The Labute approximate surface area is 179 Å². The fourth-order valence-electron chi connectivity index (χ4n) is 3.66. The minimum atomic E-state index is 0.152. The van der Waals surface area contributed by atoms with E-state index in [1.807, 2.05) is 49.5 Å². The van der Waals surface area contributed by atoms with Crippen LogP contribution in [0.3, 0.4) is 0 Å². The van der Waals surface area contributed by atoms with E-state index in [1.165, 1.54) is 16.5 Å². The summed E-state index contributed by atoms with van der Waals surface area (Å²) in [5.74, 6) is 0.856. The number of rotatable bonds is 8. The van der Waals surface area contributed by atoms with Crippen LogP contribution in [0.1, 0.15) is 51.7 Å². The van der Waals surface area contributed by atoms with Crippen molar-refractivity contribution < 1.29 is 9.59 Å². The molecule has 2 aromatic carbocycles. The van der Waals surface area contributed by atoms with Gasteiger partial charge in [0.2, 0.25) is 0 Å². The molecule has 0 aliphatic heterocycles. The number of ketones is 2. The van der Waals surface area contributed by atoms with Crippen LogP contribution in [-0.2, 0) is 22.4 Å². The van der Waals surface area contributed by atoms with Gasteiger partial charge in [-0.05, 0) is 68.9 Å². The topological polar surface area (TPSA) is 75.9 Å². The molecule has 0 saturated carbocycles. The summed E-state index contributed by atoms with van der Waals surface area (Å²) >= 11 is 0. The molecule has 0 radical (unpaired) electrons. The average molecular weight is 407 g/mol. The van der Waals surface area contributed by atoms with Crippen LogP contribution in [0.15, 0.2) is 54.7 Å². The predicted octanol–water partition coefficient (Wildman–Crippen LogP) is 5.75. The monoisotopic (exact) mass is 406 g/mol. The lowest BCUT2D eigenvalue weighted by Gasteiger charge is -2.10. The van der Waals surface area contributed by atoms with Crippen LogP contribution in [-0.4, -0.2) is 16.6 Å². The highest BCUT2D eigenvalue weighted by Crippen LogP contribution is 2.22. The molecule has 30 heavy (non-hydrogen) atoms. The zero-order valence-corrected chi connectivity index (χ0v) is 18.6. The summed E-state index contributed by atoms with van der Waals surface area (Å²) in [6, 6.07) is 16.0. The van der Waals surface area contributed by atoms with Gasteiger partial charge in [0, 0.05) is 34.6 Å². The Morgan fingerprint density at radius 3 is 2.00 bits per heavy atom. The van der Waals surface area contributed by atoms with Crippen molar-refractivity contribution >= 4 is 28.2 Å². The lowest BCUT2D eigenvalue weighted by atomic mass is 9.93. The van der Waals surface area contributed by atoms with Crippen molar-refractivity contribution in [2.45, 2.75) is 53.4 Å². The van der Waals surface area contributed by atoms with Crippen molar-refractivity contribution in [2.75, 3.05) is 5.73 Å². The van der Waals surface area contributed by atoms with Gasteiger partial charge in [0.25, 0.3) is 0 Å². The van der Waals surface area contributed by atoms with Gasteiger partial charge >= 0.3 is 0 Å². The van der Waals surface area contributed by atoms with E-state index < -0.39 is 0 Å². The van der Waals surface area contributed by atoms with Gasteiger partial charge in [-0.25, -0.2) is 0 Å². The van der Waals surface area contributed by atoms with E-state index in [0.29, 0.717) is 0 Å². The number of para-hydroxylation sites is 1. The number of aromatic nitrogens is 1. The first kappa shape index (κ1) is 23.4. The van der Waals surface area contributed by atoms with Gasteiger partial charge in [-0.1, -0.05) is 44.2 Å². The molecule has 3 rings (SSSR count). The summed E-state index contributed by atoms with van der Waals surface area (Å²) in [5, 5.41) is 1.24. The van der Waals surface area contributed by atoms with Crippen molar-refractivity contribution in [3.63, 3.8) is 0 Å². The van der Waals surface area contributed by atoms with Gasteiger partial charge in [-0.3, -0.25) is 9.59 Å². The maximum absolute atomic E-state index is 11.4. The minimum Gasteiger partial charge on any atom is -0.399 e. The van der Waals surface area contributed by atoms with Gasteiger partial charge in [-0.15, -0.1) is 0 Å². The Morgan fingerprint density at radius 2 is 1.43 bits per heavy atom. The molecule has 0 spiro atoms. The molecule has 0 bridgehead atoms. The number of H-pyrrole nitrogens is 1. The SMILES string of the molecule is CCC(Cc1c[nH]c2ccccc12)C(C)=O.CCC(Cc1ccc(N)cc1)C(C)=O. The first-order valence-electron chi connectivity index (χ1n) is 10.8. The van der Waals surface area contributed by atoms with Crippen LogP contribution < -0.4 is 5.73 Å². The summed E-state index contributed by atoms with van der Waals surface area (Å²) in [6.07, 6.45) is 5.51. The van der Waals surface area contributed by atoms with Crippen LogP contribution >= 0.6 is 0 Å². The summed E-state index contributed by atoms with van der Waals surface area (Å²) in [5.41, 5.74) is 9.93. The molecule has 160 valence electrons. The Balaban J connectivity index is 0.000000216. The molecule has 3 N–H and O–H groups in total.